The van der Waals surface area contributed by atoms with Crippen molar-refractivity contribution in [2.75, 3.05) is 25.0 Å². The molecule has 0 amide bonds. The number of pyridine rings is 1. The number of rotatable bonds is 6. The molecule has 0 radical (unpaired) electrons. The number of likely N-dealkylation sites (tertiary alicyclic amines) is 1. The maximum absolute atomic E-state index is 9.34. The number of hydrogen-bond donors (Lipinski definition) is 1. The molecule has 1 unspecified atom stereocenters. The van der Waals surface area contributed by atoms with Gasteiger partial charge in [0.15, 0.2) is 0 Å². The summed E-state index contributed by atoms with van der Waals surface area (Å²) in [5.41, 5.74) is 2.48. The third-order valence-electron chi connectivity index (χ3n) is 5.01. The molecule has 0 aliphatic carbocycles. The van der Waals surface area contributed by atoms with Crippen LogP contribution >= 0.6 is 0 Å². The van der Waals surface area contributed by atoms with Gasteiger partial charge in [0.1, 0.15) is 6.07 Å². The molecule has 3 rings (SSSR count). The summed E-state index contributed by atoms with van der Waals surface area (Å²) in [6.45, 7) is 5.68. The zero-order chi connectivity index (χ0) is 16.8. The second kappa shape index (κ2) is 8.12. The lowest BCUT2D eigenvalue weighted by Crippen LogP contribution is -2.38. The van der Waals surface area contributed by atoms with E-state index in [-0.39, 0.29) is 0 Å². The topological polar surface area (TPSA) is 52.0 Å². The Morgan fingerprint density at radius 1 is 1.29 bits per heavy atom. The lowest BCUT2D eigenvalue weighted by Gasteiger charge is -2.33. The number of piperidine rings is 1. The minimum atomic E-state index is 0.623. The van der Waals surface area contributed by atoms with Crippen LogP contribution in [-0.4, -0.2) is 35.6 Å². The second-order valence-electron chi connectivity index (χ2n) is 6.69. The molecule has 1 aliphatic heterocycles. The fourth-order valence-corrected chi connectivity index (χ4v) is 3.56. The van der Waals surface area contributed by atoms with Crippen LogP contribution in [0.1, 0.15) is 44.6 Å². The van der Waals surface area contributed by atoms with E-state index in [1.54, 1.807) is 6.20 Å². The van der Waals surface area contributed by atoms with E-state index in [0.717, 1.165) is 35.6 Å². The van der Waals surface area contributed by atoms with E-state index in [2.05, 4.69) is 28.2 Å². The van der Waals surface area contributed by atoms with Crippen molar-refractivity contribution in [2.24, 2.45) is 0 Å². The molecular formula is C20H26N4. The lowest BCUT2D eigenvalue weighted by molar-refractivity contribution is 0.158. The number of fused-ring (bicyclic) bond motifs is 1. The number of unbranched alkanes of at least 4 members (excludes halogenated alkanes) is 1. The molecule has 24 heavy (non-hydrogen) atoms. The summed E-state index contributed by atoms with van der Waals surface area (Å²) in [4.78, 5) is 6.97. The highest BCUT2D eigenvalue weighted by molar-refractivity contribution is 5.93. The van der Waals surface area contributed by atoms with Crippen molar-refractivity contribution < 1.29 is 0 Å². The predicted octanol–water partition coefficient (Wildman–Crippen LogP) is 4.17. The van der Waals surface area contributed by atoms with E-state index >= 15 is 0 Å². The maximum atomic E-state index is 9.34. The van der Waals surface area contributed by atoms with Crippen molar-refractivity contribution in [1.29, 1.82) is 5.26 Å². The maximum Gasteiger partial charge on any atom is 0.103 e. The van der Waals surface area contributed by atoms with E-state index in [9.17, 15) is 5.26 Å². The Morgan fingerprint density at radius 3 is 3.00 bits per heavy atom. The predicted molar refractivity (Wildman–Crippen MR) is 99.1 cm³/mol. The van der Waals surface area contributed by atoms with E-state index < -0.39 is 0 Å². The molecule has 0 bridgehead atoms. The van der Waals surface area contributed by atoms with Gasteiger partial charge in [-0.05, 0) is 51.8 Å². The molecule has 1 aliphatic rings. The average Bonchev–Trinajstić information content (AvgIpc) is 2.62. The van der Waals surface area contributed by atoms with Gasteiger partial charge >= 0.3 is 0 Å². The third kappa shape index (κ3) is 3.85. The monoisotopic (exact) mass is 322 g/mol. The smallest absolute Gasteiger partial charge is 0.103 e. The SMILES string of the molecule is CC1CCCCN1CCCCNc1c(C#N)cnc2ccccc12. The van der Waals surface area contributed by atoms with Crippen molar-refractivity contribution >= 4 is 16.6 Å². The van der Waals surface area contributed by atoms with Crippen LogP contribution in [0.5, 0.6) is 0 Å². The number of aromatic nitrogens is 1. The van der Waals surface area contributed by atoms with Crippen LogP contribution in [0.15, 0.2) is 30.5 Å². The van der Waals surface area contributed by atoms with Gasteiger partial charge in [0.2, 0.25) is 0 Å². The molecule has 1 fully saturated rings. The van der Waals surface area contributed by atoms with Gasteiger partial charge in [-0.25, -0.2) is 0 Å². The van der Waals surface area contributed by atoms with Crippen LogP contribution < -0.4 is 5.32 Å². The van der Waals surface area contributed by atoms with E-state index in [0.29, 0.717) is 5.56 Å². The second-order valence-corrected chi connectivity index (χ2v) is 6.69. The molecule has 2 aromatic rings. The molecule has 0 spiro atoms. The van der Waals surface area contributed by atoms with Crippen molar-refractivity contribution in [3.05, 3.63) is 36.0 Å². The van der Waals surface area contributed by atoms with Gasteiger partial charge in [-0.15, -0.1) is 0 Å². The Hall–Kier alpha value is -2.12. The highest BCUT2D eigenvalue weighted by atomic mass is 15.2. The third-order valence-corrected chi connectivity index (χ3v) is 5.01. The molecule has 1 N–H and O–H groups in total. The Morgan fingerprint density at radius 2 is 2.17 bits per heavy atom. The summed E-state index contributed by atoms with van der Waals surface area (Å²) >= 11 is 0. The van der Waals surface area contributed by atoms with Crippen molar-refractivity contribution in [2.45, 2.75) is 45.1 Å². The molecule has 1 aromatic heterocycles. The average molecular weight is 322 g/mol. The van der Waals surface area contributed by atoms with Crippen LogP contribution in [0.4, 0.5) is 5.69 Å². The zero-order valence-electron chi connectivity index (χ0n) is 14.5. The van der Waals surface area contributed by atoms with Crippen LogP contribution in [0.2, 0.25) is 0 Å². The van der Waals surface area contributed by atoms with Crippen LogP contribution in [0, 0.1) is 11.3 Å². The van der Waals surface area contributed by atoms with Crippen molar-refractivity contribution in [3.8, 4) is 6.07 Å². The fourth-order valence-electron chi connectivity index (χ4n) is 3.56. The van der Waals surface area contributed by atoms with E-state index in [1.165, 1.54) is 38.8 Å². The molecule has 1 aromatic carbocycles. The largest absolute Gasteiger partial charge is 0.383 e. The molecule has 2 heterocycles. The Kier molecular flexibility index (Phi) is 5.66. The Bertz CT molecular complexity index is 719. The standard InChI is InChI=1S/C20H26N4/c1-16-8-4-6-12-24(16)13-7-5-11-22-20-17(14-21)15-23-19-10-3-2-9-18(19)20/h2-3,9-10,15-16H,4-8,11-13H2,1H3,(H,22,23). The molecule has 4 nitrogen and oxygen atoms in total. The van der Waals surface area contributed by atoms with Gasteiger partial charge in [-0.3, -0.25) is 4.98 Å². The first kappa shape index (κ1) is 16.7. The van der Waals surface area contributed by atoms with Gasteiger partial charge < -0.3 is 10.2 Å². The van der Waals surface area contributed by atoms with Crippen LogP contribution in [0.3, 0.4) is 0 Å². The van der Waals surface area contributed by atoms with Gasteiger partial charge in [-0.1, -0.05) is 24.6 Å². The van der Waals surface area contributed by atoms with Gasteiger partial charge in [0.25, 0.3) is 0 Å². The molecule has 1 atom stereocenters. The Labute approximate surface area is 144 Å². The first-order valence-electron chi connectivity index (χ1n) is 9.05. The molecule has 0 saturated carbocycles. The number of hydrogen-bond acceptors (Lipinski definition) is 4. The number of benzene rings is 1. The first-order valence-corrected chi connectivity index (χ1v) is 9.05. The molecule has 4 heteroatoms. The quantitative estimate of drug-likeness (QED) is 0.811. The minimum absolute atomic E-state index is 0.623. The normalized spacial score (nSPS) is 18.4. The number of nitrogens with zero attached hydrogens (tertiary/aromatic N) is 3. The molecular weight excluding hydrogens is 296 g/mol. The highest BCUT2D eigenvalue weighted by Gasteiger charge is 2.17. The summed E-state index contributed by atoms with van der Waals surface area (Å²) in [6.07, 6.45) is 8.04. The van der Waals surface area contributed by atoms with Crippen molar-refractivity contribution in [3.63, 3.8) is 0 Å². The molecule has 1 saturated heterocycles. The van der Waals surface area contributed by atoms with E-state index in [1.807, 2.05) is 24.3 Å². The van der Waals surface area contributed by atoms with Crippen LogP contribution in [0.25, 0.3) is 10.9 Å². The summed E-state index contributed by atoms with van der Waals surface area (Å²) in [5.74, 6) is 0. The van der Waals surface area contributed by atoms with Gasteiger partial charge in [0.05, 0.1) is 16.8 Å². The number of nitriles is 1. The highest BCUT2D eigenvalue weighted by Crippen LogP contribution is 2.25. The number of nitrogens with one attached hydrogen (secondary N) is 1. The summed E-state index contributed by atoms with van der Waals surface area (Å²) in [7, 11) is 0. The van der Waals surface area contributed by atoms with Gasteiger partial charge in [0, 0.05) is 24.2 Å². The van der Waals surface area contributed by atoms with Crippen LogP contribution in [-0.2, 0) is 0 Å². The van der Waals surface area contributed by atoms with Gasteiger partial charge in [-0.2, -0.15) is 5.26 Å². The number of para-hydroxylation sites is 1. The van der Waals surface area contributed by atoms with Crippen molar-refractivity contribution in [1.82, 2.24) is 9.88 Å². The van der Waals surface area contributed by atoms with E-state index in [4.69, 9.17) is 0 Å². The first-order chi connectivity index (χ1) is 11.8. The summed E-state index contributed by atoms with van der Waals surface area (Å²) < 4.78 is 0. The molecule has 126 valence electrons. The Balaban J connectivity index is 1.55. The minimum Gasteiger partial charge on any atom is -0.383 e. The summed E-state index contributed by atoms with van der Waals surface area (Å²) in [5, 5.41) is 13.8. The lowest BCUT2D eigenvalue weighted by atomic mass is 10.0. The fraction of sp³-hybridized carbons (Fsp3) is 0.500. The summed E-state index contributed by atoms with van der Waals surface area (Å²) in [6, 6.07) is 11.0. The number of anilines is 1. The zero-order valence-corrected chi connectivity index (χ0v) is 14.5.